The van der Waals surface area contributed by atoms with Gasteiger partial charge in [-0.3, -0.25) is 0 Å². The monoisotopic (exact) mass is 447 g/mol. The van der Waals surface area contributed by atoms with Crippen LogP contribution < -0.4 is 5.32 Å². The van der Waals surface area contributed by atoms with Crippen LogP contribution in [0.25, 0.3) is 0 Å². The third-order valence-corrected chi connectivity index (χ3v) is 4.53. The van der Waals surface area contributed by atoms with Gasteiger partial charge < -0.3 is 5.32 Å². The van der Waals surface area contributed by atoms with Gasteiger partial charge in [-0.2, -0.15) is 0 Å². The zero-order valence-corrected chi connectivity index (χ0v) is 14.9. The van der Waals surface area contributed by atoms with Crippen LogP contribution in [0.3, 0.4) is 0 Å². The van der Waals surface area contributed by atoms with E-state index in [1.165, 1.54) is 21.3 Å². The van der Waals surface area contributed by atoms with Crippen LogP contribution in [-0.2, 0) is 6.42 Å². The quantitative estimate of drug-likeness (QED) is 0.629. The van der Waals surface area contributed by atoms with Gasteiger partial charge in [0.1, 0.15) is 5.82 Å². The van der Waals surface area contributed by atoms with Crippen LogP contribution in [-0.4, -0.2) is 6.54 Å². The summed E-state index contributed by atoms with van der Waals surface area (Å²) in [5.74, 6) is -0.191. The first-order valence-corrected chi connectivity index (χ1v) is 8.40. The lowest BCUT2D eigenvalue weighted by molar-refractivity contribution is 0.546. The Morgan fingerprint density at radius 3 is 2.55 bits per heavy atom. The van der Waals surface area contributed by atoms with Gasteiger partial charge in [0, 0.05) is 14.1 Å². The highest BCUT2D eigenvalue weighted by Crippen LogP contribution is 2.28. The van der Waals surface area contributed by atoms with Crippen molar-refractivity contribution in [2.45, 2.75) is 19.4 Å². The molecule has 0 aliphatic rings. The predicted molar refractivity (Wildman–Crippen MR) is 93.4 cm³/mol. The van der Waals surface area contributed by atoms with E-state index in [0.717, 1.165) is 23.0 Å². The molecule has 0 aliphatic carbocycles. The summed E-state index contributed by atoms with van der Waals surface area (Å²) in [6, 6.07) is 13.3. The highest BCUT2D eigenvalue weighted by molar-refractivity contribution is 14.1. The first kappa shape index (κ1) is 15.9. The first-order chi connectivity index (χ1) is 9.60. The highest BCUT2D eigenvalue weighted by Gasteiger charge is 2.14. The van der Waals surface area contributed by atoms with Crippen LogP contribution in [0, 0.1) is 9.39 Å². The number of halogens is 3. The molecule has 0 bridgehead atoms. The highest BCUT2D eigenvalue weighted by atomic mass is 127. The average Bonchev–Trinajstić information content (AvgIpc) is 2.43. The largest absolute Gasteiger partial charge is 0.310 e. The Hall–Kier alpha value is -0.460. The molecule has 2 rings (SSSR count). The summed E-state index contributed by atoms with van der Waals surface area (Å²) >= 11 is 5.94. The topological polar surface area (TPSA) is 12.0 Å². The van der Waals surface area contributed by atoms with Crippen molar-refractivity contribution in [2.75, 3.05) is 6.54 Å². The van der Waals surface area contributed by atoms with Crippen molar-refractivity contribution < 1.29 is 4.39 Å². The second-order valence-electron chi connectivity index (χ2n) is 4.61. The molecule has 0 amide bonds. The smallest absolute Gasteiger partial charge is 0.123 e. The third kappa shape index (κ3) is 4.27. The van der Waals surface area contributed by atoms with E-state index in [9.17, 15) is 4.39 Å². The number of hydrogen-bond donors (Lipinski definition) is 1. The van der Waals surface area contributed by atoms with E-state index in [2.05, 4.69) is 69.0 Å². The molecule has 106 valence electrons. The maximum atomic E-state index is 13.0. The number of nitrogens with one attached hydrogen (secondary N) is 1. The van der Waals surface area contributed by atoms with E-state index in [0.29, 0.717) is 0 Å². The summed E-state index contributed by atoms with van der Waals surface area (Å²) in [5.41, 5.74) is 2.37. The normalized spacial score (nSPS) is 12.4. The molecule has 4 heteroatoms. The molecule has 0 spiro atoms. The van der Waals surface area contributed by atoms with Gasteiger partial charge in [0.05, 0.1) is 0 Å². The van der Waals surface area contributed by atoms with Crippen molar-refractivity contribution in [1.29, 1.82) is 0 Å². The molecular formula is C16H16BrFIN. The lowest BCUT2D eigenvalue weighted by Crippen LogP contribution is -2.23. The van der Waals surface area contributed by atoms with E-state index in [-0.39, 0.29) is 11.9 Å². The minimum absolute atomic E-state index is 0.191. The van der Waals surface area contributed by atoms with E-state index < -0.39 is 0 Å². The SMILES string of the molecule is CCNC(Cc1ccc(F)cc1)c1cc(I)ccc1Br. The standard InChI is InChI=1S/C16H16BrFIN/c1-2-20-16(9-11-3-5-12(18)6-4-11)14-10-13(19)7-8-15(14)17/h3-8,10,16,20H,2,9H2,1H3. The summed E-state index contributed by atoms with van der Waals surface area (Å²) in [4.78, 5) is 0. The van der Waals surface area contributed by atoms with Crippen molar-refractivity contribution in [3.63, 3.8) is 0 Å². The molecule has 0 saturated heterocycles. The molecule has 2 aromatic carbocycles. The van der Waals surface area contributed by atoms with Gasteiger partial charge >= 0.3 is 0 Å². The second kappa shape index (κ2) is 7.52. The Balaban J connectivity index is 2.26. The molecule has 1 N–H and O–H groups in total. The number of rotatable bonds is 5. The Morgan fingerprint density at radius 1 is 1.20 bits per heavy atom. The lowest BCUT2D eigenvalue weighted by Gasteiger charge is -2.20. The van der Waals surface area contributed by atoms with Crippen molar-refractivity contribution in [2.24, 2.45) is 0 Å². The van der Waals surface area contributed by atoms with E-state index in [4.69, 9.17) is 0 Å². The molecule has 0 radical (unpaired) electrons. The van der Waals surface area contributed by atoms with Gasteiger partial charge in [-0.1, -0.05) is 35.0 Å². The first-order valence-electron chi connectivity index (χ1n) is 6.53. The minimum atomic E-state index is -0.191. The Morgan fingerprint density at radius 2 is 1.90 bits per heavy atom. The van der Waals surface area contributed by atoms with Gasteiger partial charge in [-0.05, 0) is 77.0 Å². The van der Waals surface area contributed by atoms with Gasteiger partial charge in [0.15, 0.2) is 0 Å². The Labute approximate surface area is 141 Å². The summed E-state index contributed by atoms with van der Waals surface area (Å²) in [6.45, 7) is 2.99. The van der Waals surface area contributed by atoms with Crippen LogP contribution in [0.1, 0.15) is 24.1 Å². The maximum absolute atomic E-state index is 13.0. The van der Waals surface area contributed by atoms with Crippen molar-refractivity contribution >= 4 is 38.5 Å². The van der Waals surface area contributed by atoms with E-state index in [1.807, 2.05) is 12.1 Å². The summed E-state index contributed by atoms with van der Waals surface area (Å²) in [6.07, 6.45) is 0.840. The summed E-state index contributed by atoms with van der Waals surface area (Å²) < 4.78 is 15.3. The maximum Gasteiger partial charge on any atom is 0.123 e. The van der Waals surface area contributed by atoms with Gasteiger partial charge in [-0.25, -0.2) is 4.39 Å². The molecule has 0 fully saturated rings. The average molecular weight is 448 g/mol. The molecule has 0 aliphatic heterocycles. The van der Waals surface area contributed by atoms with Crippen LogP contribution in [0.2, 0.25) is 0 Å². The zero-order valence-electron chi connectivity index (χ0n) is 11.2. The van der Waals surface area contributed by atoms with Gasteiger partial charge in [0.25, 0.3) is 0 Å². The molecule has 0 aromatic heterocycles. The molecule has 0 saturated carbocycles. The van der Waals surface area contributed by atoms with Crippen molar-refractivity contribution in [3.05, 3.63) is 67.5 Å². The molecule has 1 unspecified atom stereocenters. The number of likely N-dealkylation sites (N-methyl/N-ethyl adjacent to an activating group) is 1. The van der Waals surface area contributed by atoms with E-state index >= 15 is 0 Å². The molecule has 20 heavy (non-hydrogen) atoms. The fourth-order valence-corrected chi connectivity index (χ4v) is 3.21. The van der Waals surface area contributed by atoms with Crippen molar-refractivity contribution in [1.82, 2.24) is 5.32 Å². The fourth-order valence-electron chi connectivity index (χ4n) is 2.18. The second-order valence-corrected chi connectivity index (χ2v) is 6.71. The molecule has 1 atom stereocenters. The Bertz CT molecular complexity index is 571. The van der Waals surface area contributed by atoms with Crippen LogP contribution >= 0.6 is 38.5 Å². The lowest BCUT2D eigenvalue weighted by atomic mass is 9.99. The molecule has 1 nitrogen and oxygen atoms in total. The van der Waals surface area contributed by atoms with Crippen LogP contribution in [0.5, 0.6) is 0 Å². The predicted octanol–water partition coefficient (Wildman–Crippen LogP) is 5.09. The van der Waals surface area contributed by atoms with E-state index in [1.54, 1.807) is 0 Å². The zero-order chi connectivity index (χ0) is 14.5. The number of hydrogen-bond acceptors (Lipinski definition) is 1. The van der Waals surface area contributed by atoms with Gasteiger partial charge in [-0.15, -0.1) is 0 Å². The van der Waals surface area contributed by atoms with Crippen LogP contribution in [0.15, 0.2) is 46.9 Å². The summed E-state index contributed by atoms with van der Waals surface area (Å²) in [5, 5.41) is 3.50. The molecule has 2 aromatic rings. The Kier molecular flexibility index (Phi) is 5.99. The number of benzene rings is 2. The van der Waals surface area contributed by atoms with Crippen molar-refractivity contribution in [3.8, 4) is 0 Å². The molecular weight excluding hydrogens is 432 g/mol. The molecule has 0 heterocycles. The fraction of sp³-hybridized carbons (Fsp3) is 0.250. The third-order valence-electron chi connectivity index (χ3n) is 3.14. The van der Waals surface area contributed by atoms with Crippen LogP contribution in [0.4, 0.5) is 4.39 Å². The van der Waals surface area contributed by atoms with Gasteiger partial charge in [0.2, 0.25) is 0 Å². The summed E-state index contributed by atoms with van der Waals surface area (Å²) in [7, 11) is 0. The minimum Gasteiger partial charge on any atom is -0.310 e.